The molecule has 3 rings (SSSR count). The Balaban J connectivity index is 1.73. The minimum absolute atomic E-state index is 0.0971. The van der Waals surface area contributed by atoms with Crippen LogP contribution in [0.1, 0.15) is 154 Å². The lowest BCUT2D eigenvalue weighted by Crippen LogP contribution is -2.32. The molecule has 300 valence electrons. The van der Waals surface area contributed by atoms with Gasteiger partial charge >= 0.3 is 0 Å². The molecule has 53 heavy (non-hydrogen) atoms. The summed E-state index contributed by atoms with van der Waals surface area (Å²) in [6, 6.07) is 15.1. The van der Waals surface area contributed by atoms with E-state index in [1.54, 1.807) is 11.1 Å². The largest absolute Gasteiger partial charge is 0.305 e. The van der Waals surface area contributed by atoms with E-state index in [2.05, 4.69) is 139 Å². The third kappa shape index (κ3) is 14.2. The fourth-order valence-corrected chi connectivity index (χ4v) is 8.29. The minimum Gasteiger partial charge on any atom is -0.305 e. The first-order chi connectivity index (χ1) is 25.1. The van der Waals surface area contributed by atoms with Gasteiger partial charge in [0.15, 0.2) is 0 Å². The van der Waals surface area contributed by atoms with Gasteiger partial charge in [0.05, 0.1) is 0 Å². The number of hydrogen-bond donors (Lipinski definition) is 0. The maximum atomic E-state index is 3.88. The van der Waals surface area contributed by atoms with Gasteiger partial charge < -0.3 is 19.6 Å². The SMILES string of the molecule is C=CCCN(C)CCN(C)CCCCCCC1(CCCCCCN(C)CCN(C)CCCC)c2cc(C(C)(C)C)ccc2-c2ccc(C(C)(C)C)cc21. The first-order valence-corrected chi connectivity index (χ1v) is 21.8. The van der Waals surface area contributed by atoms with E-state index < -0.39 is 0 Å². The average molecular weight is 729 g/mol. The van der Waals surface area contributed by atoms with Gasteiger partial charge in [-0.25, -0.2) is 0 Å². The summed E-state index contributed by atoms with van der Waals surface area (Å²) in [4.78, 5) is 10.0. The zero-order valence-corrected chi connectivity index (χ0v) is 36.9. The van der Waals surface area contributed by atoms with E-state index in [-0.39, 0.29) is 16.2 Å². The van der Waals surface area contributed by atoms with Crippen molar-refractivity contribution < 1.29 is 0 Å². The first-order valence-electron chi connectivity index (χ1n) is 21.8. The van der Waals surface area contributed by atoms with Gasteiger partial charge in [0, 0.05) is 38.1 Å². The van der Waals surface area contributed by atoms with Gasteiger partial charge in [0.2, 0.25) is 0 Å². The molecule has 0 fully saturated rings. The van der Waals surface area contributed by atoms with Crippen LogP contribution in [0.15, 0.2) is 49.1 Å². The van der Waals surface area contributed by atoms with Crippen molar-refractivity contribution in [2.45, 2.75) is 148 Å². The lowest BCUT2D eigenvalue weighted by molar-refractivity contribution is 0.250. The molecule has 0 N–H and O–H groups in total. The second-order valence-electron chi connectivity index (χ2n) is 19.1. The highest BCUT2D eigenvalue weighted by Crippen LogP contribution is 2.55. The molecule has 4 heteroatoms. The van der Waals surface area contributed by atoms with Crippen LogP contribution in [0.3, 0.4) is 0 Å². The Bertz CT molecular complexity index is 1280. The molecule has 0 atom stereocenters. The Morgan fingerprint density at radius 2 is 0.887 bits per heavy atom. The standard InChI is InChI=1S/C49H84N4/c1-13-15-31-50(9)35-37-52(11)33-23-19-17-21-29-49(30-22-18-20-24-34-53(12)38-36-51(10)32-16-14-2)45-39-41(47(3,4)5)25-27-43(45)44-28-26-42(40-46(44)49)48(6,7)8/h13,25-28,39-40H,1,14-24,29-38H2,2-12H3. The second-order valence-corrected chi connectivity index (χ2v) is 19.1. The number of fused-ring (bicyclic) bond motifs is 3. The lowest BCUT2D eigenvalue weighted by Gasteiger charge is -2.35. The number of benzene rings is 2. The monoisotopic (exact) mass is 729 g/mol. The van der Waals surface area contributed by atoms with E-state index in [1.807, 2.05) is 6.08 Å². The summed E-state index contributed by atoms with van der Waals surface area (Å²) >= 11 is 0. The van der Waals surface area contributed by atoms with Crippen LogP contribution in [0.4, 0.5) is 0 Å². The highest BCUT2D eigenvalue weighted by Gasteiger charge is 2.43. The Kier molecular flexibility index (Phi) is 18.8. The topological polar surface area (TPSA) is 13.0 Å². The van der Waals surface area contributed by atoms with Crippen LogP contribution in [0, 0.1) is 0 Å². The van der Waals surface area contributed by atoms with Crippen molar-refractivity contribution in [2.75, 3.05) is 80.5 Å². The first kappa shape index (κ1) is 45.4. The zero-order valence-electron chi connectivity index (χ0n) is 36.9. The maximum Gasteiger partial charge on any atom is 0.0215 e. The summed E-state index contributed by atoms with van der Waals surface area (Å²) in [5, 5.41) is 0. The average Bonchev–Trinajstić information content (AvgIpc) is 3.38. The molecule has 2 aromatic rings. The van der Waals surface area contributed by atoms with Crippen molar-refractivity contribution in [1.82, 2.24) is 19.6 Å². The molecule has 0 spiro atoms. The molecule has 0 radical (unpaired) electrons. The van der Waals surface area contributed by atoms with Crippen molar-refractivity contribution in [1.29, 1.82) is 0 Å². The smallest absolute Gasteiger partial charge is 0.0215 e. The molecule has 0 saturated heterocycles. The van der Waals surface area contributed by atoms with Crippen molar-refractivity contribution >= 4 is 0 Å². The van der Waals surface area contributed by atoms with Gasteiger partial charge in [-0.05, 0) is 131 Å². The number of hydrogen-bond acceptors (Lipinski definition) is 4. The van der Waals surface area contributed by atoms with E-state index in [1.165, 1.54) is 132 Å². The van der Waals surface area contributed by atoms with Crippen LogP contribution in [-0.4, -0.2) is 100 Å². The van der Waals surface area contributed by atoms with Crippen molar-refractivity contribution in [3.63, 3.8) is 0 Å². The molecule has 4 nitrogen and oxygen atoms in total. The van der Waals surface area contributed by atoms with Crippen LogP contribution in [-0.2, 0) is 16.2 Å². The Morgan fingerprint density at radius 1 is 0.509 bits per heavy atom. The number of nitrogens with zero attached hydrogens (tertiary/aromatic N) is 4. The number of rotatable bonds is 26. The molecule has 2 aromatic carbocycles. The molecule has 0 saturated carbocycles. The molecular weight excluding hydrogens is 645 g/mol. The summed E-state index contributed by atoms with van der Waals surface area (Å²) < 4.78 is 0. The summed E-state index contributed by atoms with van der Waals surface area (Å²) in [6.07, 6.45) is 18.7. The number of unbranched alkanes of at least 4 members (excludes halogenated alkanes) is 7. The second kappa shape index (κ2) is 21.9. The normalized spacial score (nSPS) is 14.2. The van der Waals surface area contributed by atoms with Crippen LogP contribution >= 0.6 is 0 Å². The van der Waals surface area contributed by atoms with Gasteiger partial charge in [-0.3, -0.25) is 0 Å². The van der Waals surface area contributed by atoms with Gasteiger partial charge in [0.1, 0.15) is 0 Å². The quantitative estimate of drug-likeness (QED) is 0.0706. The maximum absolute atomic E-state index is 3.88. The Labute approximate surface area is 329 Å². The Morgan fingerprint density at radius 3 is 1.26 bits per heavy atom. The summed E-state index contributed by atoms with van der Waals surface area (Å²) in [5.74, 6) is 0. The van der Waals surface area contributed by atoms with E-state index in [0.29, 0.717) is 0 Å². The van der Waals surface area contributed by atoms with Gasteiger partial charge in [0.25, 0.3) is 0 Å². The highest BCUT2D eigenvalue weighted by molar-refractivity contribution is 5.82. The fourth-order valence-electron chi connectivity index (χ4n) is 8.29. The summed E-state index contributed by atoms with van der Waals surface area (Å²) in [5.41, 5.74) is 9.57. The molecule has 0 unspecified atom stereocenters. The molecule has 0 aliphatic heterocycles. The van der Waals surface area contributed by atoms with Crippen LogP contribution < -0.4 is 0 Å². The van der Waals surface area contributed by atoms with E-state index in [4.69, 9.17) is 0 Å². The van der Waals surface area contributed by atoms with E-state index in [9.17, 15) is 0 Å². The summed E-state index contributed by atoms with van der Waals surface area (Å²) in [6.45, 7) is 29.8. The van der Waals surface area contributed by atoms with E-state index >= 15 is 0 Å². The predicted octanol–water partition coefficient (Wildman–Crippen LogP) is 11.6. The fraction of sp³-hybridized carbons (Fsp3) is 0.714. The third-order valence-electron chi connectivity index (χ3n) is 12.2. The van der Waals surface area contributed by atoms with Crippen molar-refractivity contribution in [3.05, 3.63) is 71.3 Å². The lowest BCUT2D eigenvalue weighted by atomic mass is 9.69. The molecule has 0 heterocycles. The summed E-state index contributed by atoms with van der Waals surface area (Å²) in [7, 11) is 9.13. The van der Waals surface area contributed by atoms with Crippen LogP contribution in [0.5, 0.6) is 0 Å². The van der Waals surface area contributed by atoms with E-state index in [0.717, 1.165) is 26.1 Å². The Hall–Kier alpha value is -1.98. The van der Waals surface area contributed by atoms with Crippen molar-refractivity contribution in [3.8, 4) is 11.1 Å². The third-order valence-corrected chi connectivity index (χ3v) is 12.2. The predicted molar refractivity (Wildman–Crippen MR) is 236 cm³/mol. The zero-order chi connectivity index (χ0) is 39.1. The highest BCUT2D eigenvalue weighted by atomic mass is 15.2. The van der Waals surface area contributed by atoms with Crippen LogP contribution in [0.2, 0.25) is 0 Å². The number of likely N-dealkylation sites (N-methyl/N-ethyl adjacent to an activating group) is 4. The van der Waals surface area contributed by atoms with Gasteiger partial charge in [-0.1, -0.05) is 136 Å². The molecule has 0 aromatic heterocycles. The molecule has 1 aliphatic carbocycles. The molecule has 0 bridgehead atoms. The van der Waals surface area contributed by atoms with Gasteiger partial charge in [-0.2, -0.15) is 0 Å². The van der Waals surface area contributed by atoms with Crippen molar-refractivity contribution in [2.24, 2.45) is 0 Å². The molecule has 1 aliphatic rings. The molecular formula is C49H84N4. The minimum atomic E-state index is 0.0971. The molecule has 0 amide bonds. The van der Waals surface area contributed by atoms with Gasteiger partial charge in [-0.15, -0.1) is 6.58 Å². The van der Waals surface area contributed by atoms with Crippen LogP contribution in [0.25, 0.3) is 11.1 Å².